The molecule has 1 aliphatic heterocycles. The van der Waals surface area contributed by atoms with Gasteiger partial charge in [-0.2, -0.15) is 11.8 Å². The number of aromatic nitrogens is 1. The number of amides is 1. The van der Waals surface area contributed by atoms with Crippen LogP contribution in [0.3, 0.4) is 0 Å². The minimum absolute atomic E-state index is 0.0131. The van der Waals surface area contributed by atoms with Gasteiger partial charge in [0.15, 0.2) is 0 Å². The molecule has 0 bridgehead atoms. The molecule has 1 aromatic heterocycles. The minimum Gasteiger partial charge on any atom is -0.324 e. The fraction of sp³-hybridized carbons (Fsp3) is 0.400. The van der Waals surface area contributed by atoms with E-state index in [1.807, 2.05) is 0 Å². The zero-order valence-electron chi connectivity index (χ0n) is 8.57. The summed E-state index contributed by atoms with van der Waals surface area (Å²) in [7, 11) is 0. The van der Waals surface area contributed by atoms with Crippen molar-refractivity contribution in [2.24, 2.45) is 0 Å². The molecule has 2 N–H and O–H groups in total. The molecule has 1 saturated heterocycles. The number of anilines is 1. The lowest BCUT2D eigenvalue weighted by molar-refractivity contribution is -0.117. The Hall–Kier alpha value is -0.590. The average molecular weight is 302 g/mol. The zero-order valence-corrected chi connectivity index (χ0v) is 11.0. The van der Waals surface area contributed by atoms with E-state index in [9.17, 15) is 4.79 Å². The number of carbonyl (C=O) groups is 1. The van der Waals surface area contributed by atoms with Crippen LogP contribution in [0.15, 0.2) is 22.9 Å². The van der Waals surface area contributed by atoms with Crippen molar-refractivity contribution in [1.82, 2.24) is 10.3 Å². The first-order valence-corrected chi connectivity index (χ1v) is 6.93. The molecule has 0 aliphatic carbocycles. The Morgan fingerprint density at radius 2 is 2.56 bits per heavy atom. The van der Waals surface area contributed by atoms with Gasteiger partial charge in [-0.1, -0.05) is 0 Å². The summed E-state index contributed by atoms with van der Waals surface area (Å²) >= 11 is 5.14. The molecule has 0 saturated carbocycles. The van der Waals surface area contributed by atoms with Crippen LogP contribution in [-0.4, -0.2) is 35.0 Å². The highest BCUT2D eigenvalue weighted by Gasteiger charge is 2.21. The summed E-state index contributed by atoms with van der Waals surface area (Å²) in [5.74, 6) is 1.91. The van der Waals surface area contributed by atoms with Crippen LogP contribution >= 0.6 is 27.7 Å². The number of rotatable bonds is 2. The van der Waals surface area contributed by atoms with E-state index in [1.165, 1.54) is 0 Å². The van der Waals surface area contributed by atoms with E-state index < -0.39 is 0 Å². The Morgan fingerprint density at radius 3 is 3.25 bits per heavy atom. The van der Waals surface area contributed by atoms with Gasteiger partial charge in [0.25, 0.3) is 0 Å². The largest absolute Gasteiger partial charge is 0.324 e. The van der Waals surface area contributed by atoms with E-state index in [0.29, 0.717) is 0 Å². The highest BCUT2D eigenvalue weighted by Crippen LogP contribution is 2.20. The molecule has 0 radical (unpaired) electrons. The van der Waals surface area contributed by atoms with Crippen molar-refractivity contribution in [2.75, 3.05) is 23.4 Å². The SMILES string of the molecule is O=C(Nc1ccncc1Br)C1CSCCN1. The summed E-state index contributed by atoms with van der Waals surface area (Å²) in [4.78, 5) is 15.8. The van der Waals surface area contributed by atoms with Gasteiger partial charge in [-0.15, -0.1) is 0 Å². The van der Waals surface area contributed by atoms with Gasteiger partial charge in [0.05, 0.1) is 16.2 Å². The molecule has 2 heterocycles. The molecule has 16 heavy (non-hydrogen) atoms. The van der Waals surface area contributed by atoms with Crippen LogP contribution in [0.4, 0.5) is 5.69 Å². The number of nitrogens with one attached hydrogen (secondary N) is 2. The van der Waals surface area contributed by atoms with Crippen molar-refractivity contribution in [1.29, 1.82) is 0 Å². The maximum absolute atomic E-state index is 11.9. The van der Waals surface area contributed by atoms with E-state index in [0.717, 1.165) is 28.2 Å². The van der Waals surface area contributed by atoms with Gasteiger partial charge in [-0.05, 0) is 22.0 Å². The molecule has 1 fully saturated rings. The van der Waals surface area contributed by atoms with Crippen molar-refractivity contribution in [3.8, 4) is 0 Å². The van der Waals surface area contributed by atoms with E-state index in [4.69, 9.17) is 0 Å². The molecule has 1 unspecified atom stereocenters. The van der Waals surface area contributed by atoms with Crippen LogP contribution < -0.4 is 10.6 Å². The molecule has 4 nitrogen and oxygen atoms in total. The van der Waals surface area contributed by atoms with Crippen molar-refractivity contribution in [3.63, 3.8) is 0 Å². The van der Waals surface area contributed by atoms with Gasteiger partial charge in [0, 0.05) is 30.4 Å². The van der Waals surface area contributed by atoms with Crippen molar-refractivity contribution >= 4 is 39.3 Å². The summed E-state index contributed by atoms with van der Waals surface area (Å²) in [5.41, 5.74) is 0.761. The molecule has 1 aliphatic rings. The predicted octanol–water partition coefficient (Wildman–Crippen LogP) is 1.49. The molecule has 2 rings (SSSR count). The normalized spacial score (nSPS) is 20.4. The fourth-order valence-electron chi connectivity index (χ4n) is 1.43. The van der Waals surface area contributed by atoms with Crippen molar-refractivity contribution < 1.29 is 4.79 Å². The second-order valence-electron chi connectivity index (χ2n) is 3.43. The summed E-state index contributed by atoms with van der Waals surface area (Å²) in [5, 5.41) is 6.07. The number of hydrogen-bond acceptors (Lipinski definition) is 4. The molecule has 1 aromatic rings. The molecule has 86 valence electrons. The third-order valence-corrected chi connectivity index (χ3v) is 3.96. The van der Waals surface area contributed by atoms with Gasteiger partial charge < -0.3 is 10.6 Å². The molecular weight excluding hydrogens is 290 g/mol. The van der Waals surface area contributed by atoms with E-state index in [1.54, 1.807) is 30.2 Å². The van der Waals surface area contributed by atoms with E-state index in [2.05, 4.69) is 31.5 Å². The third-order valence-electron chi connectivity index (χ3n) is 2.27. The number of carbonyl (C=O) groups excluding carboxylic acids is 1. The number of nitrogens with zero attached hydrogens (tertiary/aromatic N) is 1. The van der Waals surface area contributed by atoms with Crippen LogP contribution in [0.2, 0.25) is 0 Å². The van der Waals surface area contributed by atoms with Crippen molar-refractivity contribution in [3.05, 3.63) is 22.9 Å². The fourth-order valence-corrected chi connectivity index (χ4v) is 2.71. The zero-order chi connectivity index (χ0) is 11.4. The second kappa shape index (κ2) is 5.65. The van der Waals surface area contributed by atoms with E-state index >= 15 is 0 Å². The Morgan fingerprint density at radius 1 is 1.69 bits per heavy atom. The molecule has 1 atom stereocenters. The quantitative estimate of drug-likeness (QED) is 0.869. The van der Waals surface area contributed by atoms with Crippen LogP contribution in [0.25, 0.3) is 0 Å². The van der Waals surface area contributed by atoms with Gasteiger partial charge >= 0.3 is 0 Å². The third kappa shape index (κ3) is 2.96. The van der Waals surface area contributed by atoms with E-state index in [-0.39, 0.29) is 11.9 Å². The molecule has 6 heteroatoms. The lowest BCUT2D eigenvalue weighted by Gasteiger charge is -2.22. The standard InChI is InChI=1S/C10H12BrN3OS/c11-7-5-12-2-1-8(7)14-10(15)9-6-16-4-3-13-9/h1-2,5,9,13H,3-4,6H2,(H,12,14,15). The first kappa shape index (κ1) is 11.9. The van der Waals surface area contributed by atoms with Crippen LogP contribution in [-0.2, 0) is 4.79 Å². The lowest BCUT2D eigenvalue weighted by atomic mass is 10.3. The Balaban J connectivity index is 1.99. The highest BCUT2D eigenvalue weighted by molar-refractivity contribution is 9.10. The minimum atomic E-state index is -0.0983. The van der Waals surface area contributed by atoms with Gasteiger partial charge in [0.2, 0.25) is 5.91 Å². The highest BCUT2D eigenvalue weighted by atomic mass is 79.9. The van der Waals surface area contributed by atoms with Gasteiger partial charge in [0.1, 0.15) is 0 Å². The number of thioether (sulfide) groups is 1. The summed E-state index contributed by atoms with van der Waals surface area (Å²) < 4.78 is 0.798. The molecule has 0 spiro atoms. The van der Waals surface area contributed by atoms with Crippen LogP contribution in [0, 0.1) is 0 Å². The first-order valence-electron chi connectivity index (χ1n) is 4.99. The van der Waals surface area contributed by atoms with Crippen molar-refractivity contribution in [2.45, 2.75) is 6.04 Å². The smallest absolute Gasteiger partial charge is 0.242 e. The monoisotopic (exact) mass is 301 g/mol. The average Bonchev–Trinajstić information content (AvgIpc) is 2.33. The molecule has 1 amide bonds. The summed E-state index contributed by atoms with van der Waals surface area (Å²) in [6.07, 6.45) is 3.32. The lowest BCUT2D eigenvalue weighted by Crippen LogP contribution is -2.46. The topological polar surface area (TPSA) is 54.0 Å². The molecule has 0 aromatic carbocycles. The molecular formula is C10H12BrN3OS. The number of hydrogen-bond donors (Lipinski definition) is 2. The second-order valence-corrected chi connectivity index (χ2v) is 5.43. The Labute approximate surface area is 107 Å². The van der Waals surface area contributed by atoms with Crippen LogP contribution in [0.5, 0.6) is 0 Å². The summed E-state index contributed by atoms with van der Waals surface area (Å²) in [6.45, 7) is 0.889. The Bertz CT molecular complexity index is 382. The van der Waals surface area contributed by atoms with Gasteiger partial charge in [-0.25, -0.2) is 0 Å². The predicted molar refractivity (Wildman–Crippen MR) is 69.7 cm³/mol. The maximum atomic E-state index is 11.9. The Kier molecular flexibility index (Phi) is 4.20. The first-order chi connectivity index (χ1) is 7.77. The number of halogens is 1. The van der Waals surface area contributed by atoms with Gasteiger partial charge in [-0.3, -0.25) is 9.78 Å². The maximum Gasteiger partial charge on any atom is 0.242 e. The summed E-state index contributed by atoms with van der Waals surface area (Å²) in [6, 6.07) is 1.68. The number of pyridine rings is 1. The van der Waals surface area contributed by atoms with Crippen LogP contribution in [0.1, 0.15) is 0 Å².